The van der Waals surface area contributed by atoms with Gasteiger partial charge in [-0.2, -0.15) is 0 Å². The average Bonchev–Trinajstić information content (AvgIpc) is 2.96. The zero-order chi connectivity index (χ0) is 13.2. The van der Waals surface area contributed by atoms with Gasteiger partial charge in [-0.1, -0.05) is 6.42 Å². The van der Waals surface area contributed by atoms with E-state index in [2.05, 4.69) is 10.2 Å². The molecular weight excluding hydrogens is 246 g/mol. The molecule has 104 valence electrons. The molecule has 2 saturated heterocycles. The van der Waals surface area contributed by atoms with Crippen molar-refractivity contribution in [2.75, 3.05) is 24.5 Å². The molecule has 0 aliphatic carbocycles. The molecule has 0 saturated carbocycles. The van der Waals surface area contributed by atoms with Gasteiger partial charge < -0.3 is 10.2 Å². The molecular formula is C15H20F2N2. The molecule has 19 heavy (non-hydrogen) atoms. The van der Waals surface area contributed by atoms with Crippen molar-refractivity contribution in [3.63, 3.8) is 0 Å². The fourth-order valence-electron chi connectivity index (χ4n) is 3.18. The standard InChI is InChI=1S/C15H20F2N2/c16-12-9-11(14-5-1-2-6-18-14)15(10-13(12)17)19-7-3-4-8-19/h9-10,14,18H,1-8H2. The molecule has 1 N–H and O–H groups in total. The van der Waals surface area contributed by atoms with E-state index in [1.807, 2.05) is 0 Å². The molecule has 0 aromatic heterocycles. The zero-order valence-corrected chi connectivity index (χ0v) is 11.1. The van der Waals surface area contributed by atoms with Crippen molar-refractivity contribution in [2.45, 2.75) is 38.1 Å². The molecule has 1 aromatic rings. The number of piperidine rings is 1. The van der Waals surface area contributed by atoms with Gasteiger partial charge in [-0.25, -0.2) is 8.78 Å². The predicted octanol–water partition coefficient (Wildman–Crippen LogP) is 3.38. The number of hydrogen-bond donors (Lipinski definition) is 1. The van der Waals surface area contributed by atoms with Gasteiger partial charge in [0.05, 0.1) is 0 Å². The number of rotatable bonds is 2. The van der Waals surface area contributed by atoms with Crippen molar-refractivity contribution >= 4 is 5.69 Å². The molecule has 0 amide bonds. The Morgan fingerprint density at radius 1 is 1.00 bits per heavy atom. The van der Waals surface area contributed by atoms with Gasteiger partial charge >= 0.3 is 0 Å². The van der Waals surface area contributed by atoms with Crippen LogP contribution in [-0.2, 0) is 0 Å². The van der Waals surface area contributed by atoms with Crippen LogP contribution in [0.15, 0.2) is 12.1 Å². The molecule has 4 heteroatoms. The Balaban J connectivity index is 1.97. The van der Waals surface area contributed by atoms with Gasteiger partial charge in [-0.3, -0.25) is 0 Å². The summed E-state index contributed by atoms with van der Waals surface area (Å²) in [5.41, 5.74) is 1.82. The highest BCUT2D eigenvalue weighted by atomic mass is 19.2. The number of halogens is 2. The van der Waals surface area contributed by atoms with E-state index < -0.39 is 11.6 Å². The Kier molecular flexibility index (Phi) is 3.69. The van der Waals surface area contributed by atoms with Crippen LogP contribution in [0.5, 0.6) is 0 Å². The van der Waals surface area contributed by atoms with Crippen molar-refractivity contribution in [1.82, 2.24) is 5.32 Å². The van der Waals surface area contributed by atoms with Crippen LogP contribution in [0.3, 0.4) is 0 Å². The first-order valence-electron chi connectivity index (χ1n) is 7.23. The first-order valence-corrected chi connectivity index (χ1v) is 7.23. The van der Waals surface area contributed by atoms with E-state index in [-0.39, 0.29) is 6.04 Å². The molecule has 2 nitrogen and oxygen atoms in total. The van der Waals surface area contributed by atoms with Crippen molar-refractivity contribution < 1.29 is 8.78 Å². The predicted molar refractivity (Wildman–Crippen MR) is 72.4 cm³/mol. The lowest BCUT2D eigenvalue weighted by Gasteiger charge is -2.29. The molecule has 1 atom stereocenters. The van der Waals surface area contributed by atoms with E-state index in [1.54, 1.807) is 0 Å². The van der Waals surface area contributed by atoms with E-state index >= 15 is 0 Å². The summed E-state index contributed by atoms with van der Waals surface area (Å²) in [6.45, 7) is 2.86. The maximum atomic E-state index is 13.6. The third kappa shape index (κ3) is 2.59. The summed E-state index contributed by atoms with van der Waals surface area (Å²) in [4.78, 5) is 2.19. The van der Waals surface area contributed by atoms with E-state index in [0.29, 0.717) is 0 Å². The van der Waals surface area contributed by atoms with E-state index in [0.717, 1.165) is 56.6 Å². The summed E-state index contributed by atoms with van der Waals surface area (Å²) in [7, 11) is 0. The van der Waals surface area contributed by atoms with E-state index in [1.165, 1.54) is 18.6 Å². The lowest BCUT2D eigenvalue weighted by atomic mass is 9.95. The Labute approximate surface area is 112 Å². The summed E-state index contributed by atoms with van der Waals surface area (Å²) in [5, 5.41) is 3.43. The van der Waals surface area contributed by atoms with Gasteiger partial charge in [-0.15, -0.1) is 0 Å². The maximum Gasteiger partial charge on any atom is 0.160 e. The van der Waals surface area contributed by atoms with Crippen molar-refractivity contribution in [3.05, 3.63) is 29.3 Å². The van der Waals surface area contributed by atoms with Crippen LogP contribution in [0, 0.1) is 11.6 Å². The first kappa shape index (κ1) is 12.9. The van der Waals surface area contributed by atoms with Crippen molar-refractivity contribution in [1.29, 1.82) is 0 Å². The summed E-state index contributed by atoms with van der Waals surface area (Å²) in [5.74, 6) is -1.47. The van der Waals surface area contributed by atoms with Gasteiger partial charge in [-0.05, 0) is 43.9 Å². The maximum absolute atomic E-state index is 13.6. The van der Waals surface area contributed by atoms with Crippen LogP contribution in [0.4, 0.5) is 14.5 Å². The lowest BCUT2D eigenvalue weighted by molar-refractivity contribution is 0.409. The fourth-order valence-corrected chi connectivity index (χ4v) is 3.18. The van der Waals surface area contributed by atoms with Crippen LogP contribution in [0.25, 0.3) is 0 Å². The number of benzene rings is 1. The molecule has 2 heterocycles. The van der Waals surface area contributed by atoms with Crippen molar-refractivity contribution in [2.24, 2.45) is 0 Å². The molecule has 2 fully saturated rings. The second-order valence-corrected chi connectivity index (χ2v) is 5.52. The highest BCUT2D eigenvalue weighted by molar-refractivity contribution is 5.56. The van der Waals surface area contributed by atoms with Gasteiger partial charge in [0.15, 0.2) is 11.6 Å². The zero-order valence-electron chi connectivity index (χ0n) is 11.1. The minimum Gasteiger partial charge on any atom is -0.371 e. The summed E-state index contributed by atoms with van der Waals surface area (Å²) >= 11 is 0. The monoisotopic (exact) mass is 266 g/mol. The molecule has 2 aliphatic heterocycles. The molecule has 1 unspecified atom stereocenters. The molecule has 2 aliphatic rings. The Morgan fingerprint density at radius 3 is 2.42 bits per heavy atom. The molecule has 1 aromatic carbocycles. The Hall–Kier alpha value is -1.16. The van der Waals surface area contributed by atoms with Crippen LogP contribution in [0.2, 0.25) is 0 Å². The smallest absolute Gasteiger partial charge is 0.160 e. The number of anilines is 1. The molecule has 3 rings (SSSR count). The summed E-state index contributed by atoms with van der Waals surface area (Å²) in [6.07, 6.45) is 5.59. The Morgan fingerprint density at radius 2 is 1.74 bits per heavy atom. The van der Waals surface area contributed by atoms with Crippen LogP contribution in [-0.4, -0.2) is 19.6 Å². The Bertz CT molecular complexity index is 450. The third-order valence-electron chi connectivity index (χ3n) is 4.20. The number of nitrogens with zero attached hydrogens (tertiary/aromatic N) is 1. The minimum atomic E-state index is -0.735. The second-order valence-electron chi connectivity index (χ2n) is 5.52. The molecule has 0 radical (unpaired) electrons. The first-order chi connectivity index (χ1) is 9.25. The van der Waals surface area contributed by atoms with Gasteiger partial charge in [0.25, 0.3) is 0 Å². The van der Waals surface area contributed by atoms with Gasteiger partial charge in [0.2, 0.25) is 0 Å². The van der Waals surface area contributed by atoms with E-state index in [4.69, 9.17) is 0 Å². The molecule has 0 spiro atoms. The normalized spacial score (nSPS) is 23.9. The summed E-state index contributed by atoms with van der Waals surface area (Å²) in [6, 6.07) is 2.94. The fraction of sp³-hybridized carbons (Fsp3) is 0.600. The highest BCUT2D eigenvalue weighted by Gasteiger charge is 2.24. The third-order valence-corrected chi connectivity index (χ3v) is 4.20. The van der Waals surface area contributed by atoms with Crippen LogP contribution >= 0.6 is 0 Å². The van der Waals surface area contributed by atoms with Crippen LogP contribution < -0.4 is 10.2 Å². The topological polar surface area (TPSA) is 15.3 Å². The van der Waals surface area contributed by atoms with E-state index in [9.17, 15) is 8.78 Å². The lowest BCUT2D eigenvalue weighted by Crippen LogP contribution is -2.29. The van der Waals surface area contributed by atoms with Crippen LogP contribution in [0.1, 0.15) is 43.7 Å². The largest absolute Gasteiger partial charge is 0.371 e. The SMILES string of the molecule is Fc1cc(C2CCCCN2)c(N2CCCC2)cc1F. The van der Waals surface area contributed by atoms with Crippen molar-refractivity contribution in [3.8, 4) is 0 Å². The summed E-state index contributed by atoms with van der Waals surface area (Å²) < 4.78 is 27.1. The highest BCUT2D eigenvalue weighted by Crippen LogP contribution is 2.34. The average molecular weight is 266 g/mol. The second kappa shape index (κ2) is 5.45. The molecule has 0 bridgehead atoms. The quantitative estimate of drug-likeness (QED) is 0.882. The number of hydrogen-bond acceptors (Lipinski definition) is 2. The minimum absolute atomic E-state index is 0.166. The van der Waals surface area contributed by atoms with Gasteiger partial charge in [0, 0.05) is 30.9 Å². The number of nitrogens with one attached hydrogen (secondary N) is 1. The van der Waals surface area contributed by atoms with Gasteiger partial charge in [0.1, 0.15) is 0 Å².